The number of carbonyl (C=O) groups is 3. The first-order chi connectivity index (χ1) is 24.4. The first kappa shape index (κ1) is 33.5. The topological polar surface area (TPSA) is 122 Å². The van der Waals surface area contributed by atoms with Crippen molar-refractivity contribution in [1.29, 1.82) is 0 Å². The first-order valence-electron chi connectivity index (χ1n) is 16.3. The number of amides is 3. The summed E-state index contributed by atoms with van der Waals surface area (Å²) in [6.45, 7) is 0. The van der Waals surface area contributed by atoms with E-state index < -0.39 is 23.4 Å². The lowest BCUT2D eigenvalue weighted by Crippen LogP contribution is -2.49. The van der Waals surface area contributed by atoms with Gasteiger partial charge < -0.3 is 30.4 Å². The molecule has 0 spiro atoms. The second-order valence-corrected chi connectivity index (χ2v) is 11.8. The summed E-state index contributed by atoms with van der Waals surface area (Å²) in [5, 5.41) is 9.92. The highest BCUT2D eigenvalue weighted by atomic mass is 16.5. The minimum Gasteiger partial charge on any atom is -0.497 e. The van der Waals surface area contributed by atoms with Gasteiger partial charge in [-0.15, -0.1) is 0 Å². The third kappa shape index (κ3) is 7.22. The lowest BCUT2D eigenvalue weighted by atomic mass is 9.77. The van der Waals surface area contributed by atoms with Crippen LogP contribution in [0.1, 0.15) is 40.0 Å². The molecule has 1 heterocycles. The Morgan fingerprint density at radius 3 is 1.84 bits per heavy atom. The first-order valence-corrected chi connectivity index (χ1v) is 16.3. The summed E-state index contributed by atoms with van der Waals surface area (Å²) in [5.41, 5.74) is 3.04. The number of benzene rings is 5. The van der Waals surface area contributed by atoms with Crippen molar-refractivity contribution >= 4 is 34.3 Å². The number of ether oxygens (including phenoxy) is 2. The number of hydrogen-bond acceptors (Lipinski definition) is 5. The summed E-state index contributed by atoms with van der Waals surface area (Å²) in [6.07, 6.45) is -0.0705. The molecular weight excluding hydrogens is 628 g/mol. The van der Waals surface area contributed by atoms with E-state index in [0.29, 0.717) is 22.9 Å². The highest BCUT2D eigenvalue weighted by Gasteiger charge is 2.38. The molecular formula is C41H38N4O5. The van der Waals surface area contributed by atoms with Crippen LogP contribution >= 0.6 is 0 Å². The van der Waals surface area contributed by atoms with Crippen molar-refractivity contribution in [3.05, 3.63) is 162 Å². The fraction of sp³-hybridized carbons (Fsp3) is 0.146. The van der Waals surface area contributed by atoms with Crippen LogP contribution in [0.5, 0.6) is 11.5 Å². The van der Waals surface area contributed by atoms with Crippen LogP contribution in [0.25, 0.3) is 10.9 Å². The fourth-order valence-electron chi connectivity index (χ4n) is 6.16. The predicted octanol–water partition coefficient (Wildman–Crippen LogP) is 6.81. The fourth-order valence-corrected chi connectivity index (χ4v) is 6.16. The molecule has 0 bridgehead atoms. The number of hydrogen-bond donors (Lipinski definition) is 4. The maximum atomic E-state index is 14.1. The molecule has 1 atom stereocenters. The van der Waals surface area contributed by atoms with Crippen molar-refractivity contribution in [2.24, 2.45) is 0 Å². The molecule has 0 aliphatic rings. The van der Waals surface area contributed by atoms with Crippen molar-refractivity contribution in [3.63, 3.8) is 0 Å². The molecule has 9 heteroatoms. The Balaban J connectivity index is 1.30. The Hall–Kier alpha value is -6.35. The van der Waals surface area contributed by atoms with E-state index in [0.717, 1.165) is 27.6 Å². The molecule has 0 fully saturated rings. The van der Waals surface area contributed by atoms with E-state index in [9.17, 15) is 14.4 Å². The Kier molecular flexibility index (Phi) is 10.2. The number of para-hydroxylation sites is 1. The molecule has 0 radical (unpaired) electrons. The Labute approximate surface area is 290 Å². The van der Waals surface area contributed by atoms with Crippen LogP contribution in [0.15, 0.2) is 140 Å². The van der Waals surface area contributed by atoms with Crippen molar-refractivity contribution in [2.45, 2.75) is 24.4 Å². The van der Waals surface area contributed by atoms with Gasteiger partial charge in [0.1, 0.15) is 28.8 Å². The maximum Gasteiger partial charge on any atom is 0.268 e. The van der Waals surface area contributed by atoms with Gasteiger partial charge in [0.2, 0.25) is 11.8 Å². The van der Waals surface area contributed by atoms with Crippen LogP contribution in [-0.4, -0.2) is 43.0 Å². The molecule has 9 nitrogen and oxygen atoms in total. The molecule has 6 aromatic rings. The highest BCUT2D eigenvalue weighted by Crippen LogP contribution is 2.37. The van der Waals surface area contributed by atoms with Gasteiger partial charge >= 0.3 is 0 Å². The van der Waals surface area contributed by atoms with Gasteiger partial charge in [0.25, 0.3) is 5.91 Å². The van der Waals surface area contributed by atoms with E-state index in [1.807, 2.05) is 115 Å². The van der Waals surface area contributed by atoms with Crippen LogP contribution in [0.4, 0.5) is 5.69 Å². The molecule has 50 heavy (non-hydrogen) atoms. The van der Waals surface area contributed by atoms with Crippen molar-refractivity contribution in [3.8, 4) is 11.5 Å². The van der Waals surface area contributed by atoms with Crippen molar-refractivity contribution < 1.29 is 23.9 Å². The summed E-state index contributed by atoms with van der Waals surface area (Å²) in [5.74, 6) is -0.381. The van der Waals surface area contributed by atoms with Gasteiger partial charge in [-0.2, -0.15) is 0 Å². The van der Waals surface area contributed by atoms with Crippen LogP contribution in [0, 0.1) is 0 Å². The third-order valence-corrected chi connectivity index (χ3v) is 8.67. The van der Waals surface area contributed by atoms with E-state index in [-0.39, 0.29) is 18.7 Å². The zero-order chi connectivity index (χ0) is 34.9. The van der Waals surface area contributed by atoms with Gasteiger partial charge in [-0.1, -0.05) is 109 Å². The Morgan fingerprint density at radius 1 is 0.700 bits per heavy atom. The lowest BCUT2D eigenvalue weighted by molar-refractivity contribution is -0.123. The third-order valence-electron chi connectivity index (χ3n) is 8.67. The predicted molar refractivity (Wildman–Crippen MR) is 194 cm³/mol. The molecule has 0 unspecified atom stereocenters. The zero-order valence-corrected chi connectivity index (χ0v) is 27.8. The number of anilines is 1. The lowest BCUT2D eigenvalue weighted by Gasteiger charge is -2.37. The number of H-pyrrole nitrogens is 1. The molecule has 0 aliphatic carbocycles. The molecule has 6 rings (SSSR count). The van der Waals surface area contributed by atoms with E-state index in [4.69, 9.17) is 9.47 Å². The molecule has 5 aromatic carbocycles. The average Bonchev–Trinajstić information content (AvgIpc) is 3.61. The summed E-state index contributed by atoms with van der Waals surface area (Å²) >= 11 is 0. The summed E-state index contributed by atoms with van der Waals surface area (Å²) in [6, 6.07) is 42.5. The minimum absolute atomic E-state index is 0.00433. The molecule has 0 saturated heterocycles. The van der Waals surface area contributed by atoms with Gasteiger partial charge in [-0.3, -0.25) is 14.4 Å². The molecule has 0 saturated carbocycles. The van der Waals surface area contributed by atoms with Crippen molar-refractivity contribution in [2.75, 3.05) is 19.5 Å². The zero-order valence-electron chi connectivity index (χ0n) is 27.8. The monoisotopic (exact) mass is 666 g/mol. The molecule has 252 valence electrons. The van der Waals surface area contributed by atoms with Crippen LogP contribution in [0.2, 0.25) is 0 Å². The minimum atomic E-state index is -1.09. The quantitative estimate of drug-likeness (QED) is 0.101. The SMILES string of the molecule is COc1ccc(OC)c(NC(=O)[C@H](CCC(=O)NC(c2ccccc2)(c2ccccc2)c2ccccc2)NC(=O)c2cc3ccccc3[nH]2)c1. The van der Waals surface area contributed by atoms with E-state index in [1.54, 1.807) is 24.3 Å². The van der Waals surface area contributed by atoms with Gasteiger partial charge in [-0.05, 0) is 47.4 Å². The number of aromatic amines is 1. The largest absolute Gasteiger partial charge is 0.497 e. The van der Waals surface area contributed by atoms with E-state index in [1.165, 1.54) is 14.2 Å². The van der Waals surface area contributed by atoms with Crippen molar-refractivity contribution in [1.82, 2.24) is 15.6 Å². The highest BCUT2D eigenvalue weighted by molar-refractivity contribution is 6.03. The second kappa shape index (κ2) is 15.3. The van der Waals surface area contributed by atoms with Crippen LogP contribution in [-0.2, 0) is 15.1 Å². The maximum absolute atomic E-state index is 14.1. The molecule has 1 aromatic heterocycles. The van der Waals surface area contributed by atoms with Gasteiger partial charge in [0.15, 0.2) is 0 Å². The van der Waals surface area contributed by atoms with E-state index >= 15 is 0 Å². The molecule has 4 N–H and O–H groups in total. The number of fused-ring (bicyclic) bond motifs is 1. The van der Waals surface area contributed by atoms with Gasteiger partial charge in [0.05, 0.1) is 19.9 Å². The summed E-state index contributed by atoms with van der Waals surface area (Å²) in [4.78, 5) is 44.7. The normalized spacial score (nSPS) is 11.7. The van der Waals surface area contributed by atoms with Gasteiger partial charge in [0, 0.05) is 23.4 Å². The number of methoxy groups -OCH3 is 2. The summed E-state index contributed by atoms with van der Waals surface area (Å²) < 4.78 is 10.8. The van der Waals surface area contributed by atoms with E-state index in [2.05, 4.69) is 20.9 Å². The number of nitrogens with one attached hydrogen (secondary N) is 4. The number of carbonyl (C=O) groups excluding carboxylic acids is 3. The number of aromatic nitrogens is 1. The van der Waals surface area contributed by atoms with Crippen LogP contribution in [0.3, 0.4) is 0 Å². The Bertz CT molecular complexity index is 1950. The standard InChI is InChI=1S/C41H38N4O5/c1-49-32-22-24-37(50-2)35(27-32)44-39(47)34(43-40(48)36-26-28-14-12-13-21-33(28)42-36)23-25-38(46)45-41(29-15-6-3-7-16-29,30-17-8-4-9-18-30)31-19-10-5-11-20-31/h3-22,24,26-27,34,42H,23,25H2,1-2H3,(H,43,48)(H,44,47)(H,45,46)/t34-/m0/s1. The van der Waals surface area contributed by atoms with Gasteiger partial charge in [-0.25, -0.2) is 0 Å². The second-order valence-electron chi connectivity index (χ2n) is 11.8. The molecule has 3 amide bonds. The Morgan fingerprint density at radius 2 is 1.28 bits per heavy atom. The average molecular weight is 667 g/mol. The number of rotatable bonds is 13. The smallest absolute Gasteiger partial charge is 0.268 e. The van der Waals surface area contributed by atoms with Crippen LogP contribution < -0.4 is 25.4 Å². The summed E-state index contributed by atoms with van der Waals surface area (Å²) in [7, 11) is 3.02. The molecule has 0 aliphatic heterocycles.